The number of hydrogen-bond donors (Lipinski definition) is 6. The Labute approximate surface area is 209 Å². The van der Waals surface area contributed by atoms with Crippen LogP contribution in [-0.2, 0) is 28.4 Å². The highest BCUT2D eigenvalue weighted by atomic mass is 16.7. The molecule has 202 valence electrons. The summed E-state index contributed by atoms with van der Waals surface area (Å²) in [6.45, 7) is -0.496. The first-order valence-corrected chi connectivity index (χ1v) is 10.6. The number of phenolic OH excluding ortho intramolecular Hbond substituents is 6. The maximum absolute atomic E-state index is 12.7. The van der Waals surface area contributed by atoms with E-state index < -0.39 is 89.3 Å². The Hall–Kier alpha value is -3.98. The van der Waals surface area contributed by atoms with Crippen molar-refractivity contribution in [1.82, 2.24) is 0 Å². The van der Waals surface area contributed by atoms with Crippen molar-refractivity contribution in [2.75, 3.05) is 27.9 Å². The van der Waals surface area contributed by atoms with E-state index in [4.69, 9.17) is 28.4 Å². The Kier molecular flexibility index (Phi) is 8.49. The Morgan fingerprint density at radius 2 is 1.35 bits per heavy atom. The minimum absolute atomic E-state index is 0.320. The summed E-state index contributed by atoms with van der Waals surface area (Å²) >= 11 is 0. The van der Waals surface area contributed by atoms with Crippen LogP contribution in [0.15, 0.2) is 24.3 Å². The zero-order chi connectivity index (χ0) is 27.4. The fourth-order valence-electron chi connectivity index (χ4n) is 3.77. The molecule has 37 heavy (non-hydrogen) atoms. The molecule has 1 heterocycles. The molecule has 5 atom stereocenters. The van der Waals surface area contributed by atoms with Gasteiger partial charge in [-0.05, 0) is 24.3 Å². The van der Waals surface area contributed by atoms with Gasteiger partial charge in [-0.15, -0.1) is 0 Å². The van der Waals surface area contributed by atoms with E-state index >= 15 is 0 Å². The number of methoxy groups -OCH3 is 3. The van der Waals surface area contributed by atoms with Gasteiger partial charge in [-0.2, -0.15) is 0 Å². The van der Waals surface area contributed by atoms with Gasteiger partial charge in [0.25, 0.3) is 0 Å². The quantitative estimate of drug-likeness (QED) is 0.207. The Morgan fingerprint density at radius 1 is 0.757 bits per heavy atom. The van der Waals surface area contributed by atoms with Gasteiger partial charge in [0, 0.05) is 21.3 Å². The van der Waals surface area contributed by atoms with Crippen LogP contribution in [0.5, 0.6) is 34.5 Å². The molecule has 1 fully saturated rings. The fourth-order valence-corrected chi connectivity index (χ4v) is 3.77. The second-order valence-electron chi connectivity index (χ2n) is 7.84. The molecule has 14 nitrogen and oxygen atoms in total. The lowest BCUT2D eigenvalue weighted by Crippen LogP contribution is -2.61. The lowest BCUT2D eigenvalue weighted by Gasteiger charge is -2.43. The summed E-state index contributed by atoms with van der Waals surface area (Å²) in [5, 5.41) is 57.9. The van der Waals surface area contributed by atoms with Crippen molar-refractivity contribution in [3.05, 3.63) is 35.4 Å². The smallest absolute Gasteiger partial charge is 0.342 e. The molecule has 2 aromatic rings. The van der Waals surface area contributed by atoms with E-state index in [9.17, 15) is 40.2 Å². The van der Waals surface area contributed by atoms with Crippen molar-refractivity contribution in [3.63, 3.8) is 0 Å². The summed E-state index contributed by atoms with van der Waals surface area (Å²) in [4.78, 5) is 25.2. The van der Waals surface area contributed by atoms with Crippen molar-refractivity contribution in [3.8, 4) is 34.5 Å². The highest BCUT2D eigenvalue weighted by molar-refractivity contribution is 5.94. The van der Waals surface area contributed by atoms with Gasteiger partial charge in [0.05, 0.1) is 5.56 Å². The van der Waals surface area contributed by atoms with Gasteiger partial charge >= 0.3 is 11.9 Å². The van der Waals surface area contributed by atoms with E-state index in [1.807, 2.05) is 0 Å². The third-order valence-electron chi connectivity index (χ3n) is 5.66. The molecule has 3 rings (SSSR count). The van der Waals surface area contributed by atoms with Crippen molar-refractivity contribution in [2.45, 2.75) is 30.7 Å². The Bertz CT molecular complexity index is 1130. The number of carbonyl (C=O) groups is 2. The van der Waals surface area contributed by atoms with Gasteiger partial charge in [0.1, 0.15) is 36.6 Å². The highest BCUT2D eigenvalue weighted by Crippen LogP contribution is 2.38. The summed E-state index contributed by atoms with van der Waals surface area (Å²) in [6, 6.07) is 3.76. The van der Waals surface area contributed by atoms with Gasteiger partial charge < -0.3 is 59.1 Å². The van der Waals surface area contributed by atoms with E-state index in [1.165, 1.54) is 21.3 Å². The third kappa shape index (κ3) is 5.56. The van der Waals surface area contributed by atoms with Crippen molar-refractivity contribution in [1.29, 1.82) is 0 Å². The van der Waals surface area contributed by atoms with Crippen LogP contribution in [0, 0.1) is 0 Å². The fraction of sp³-hybridized carbons (Fsp3) is 0.391. The van der Waals surface area contributed by atoms with E-state index in [-0.39, 0.29) is 5.56 Å². The van der Waals surface area contributed by atoms with Crippen LogP contribution >= 0.6 is 0 Å². The number of benzene rings is 2. The van der Waals surface area contributed by atoms with Crippen LogP contribution in [0.1, 0.15) is 20.7 Å². The summed E-state index contributed by atoms with van der Waals surface area (Å²) in [6.07, 6.45) is -5.40. The van der Waals surface area contributed by atoms with Crippen LogP contribution in [0.2, 0.25) is 0 Å². The molecule has 0 radical (unpaired) electrons. The lowest BCUT2D eigenvalue weighted by atomic mass is 9.98. The second kappa shape index (κ2) is 11.4. The van der Waals surface area contributed by atoms with Crippen molar-refractivity contribution >= 4 is 11.9 Å². The zero-order valence-electron chi connectivity index (χ0n) is 19.9. The minimum atomic E-state index is -1.46. The SMILES string of the molecule is COC1C(COC(=O)c2ccc(O)c(O)c2O)OC(OC(=O)c2cc(O)c(O)c(O)c2)C(OC)C1OC. The minimum Gasteiger partial charge on any atom is -0.504 e. The van der Waals surface area contributed by atoms with E-state index in [1.54, 1.807) is 0 Å². The van der Waals surface area contributed by atoms with E-state index in [0.717, 1.165) is 24.3 Å². The van der Waals surface area contributed by atoms with Gasteiger partial charge in [-0.25, -0.2) is 9.59 Å². The molecule has 6 N–H and O–H groups in total. The molecule has 1 aliphatic rings. The predicted octanol–water partition coefficient (Wildman–Crippen LogP) is 0.704. The number of phenols is 6. The number of hydrogen-bond acceptors (Lipinski definition) is 14. The summed E-state index contributed by atoms with van der Waals surface area (Å²) in [5.41, 5.74) is -0.757. The van der Waals surface area contributed by atoms with Crippen LogP contribution in [-0.4, -0.2) is 101 Å². The molecular formula is C23H26O14. The number of aromatic hydroxyl groups is 6. The van der Waals surface area contributed by atoms with Gasteiger partial charge in [0.15, 0.2) is 28.7 Å². The molecule has 5 unspecified atom stereocenters. The first kappa shape index (κ1) is 27.6. The van der Waals surface area contributed by atoms with Gasteiger partial charge in [0.2, 0.25) is 12.0 Å². The molecule has 1 aliphatic heterocycles. The Morgan fingerprint density at radius 3 is 1.92 bits per heavy atom. The van der Waals surface area contributed by atoms with Crippen LogP contribution in [0.3, 0.4) is 0 Å². The average Bonchev–Trinajstić information content (AvgIpc) is 2.87. The summed E-state index contributed by atoms with van der Waals surface area (Å²) < 4.78 is 32.6. The first-order valence-electron chi connectivity index (χ1n) is 10.6. The molecule has 0 aromatic heterocycles. The molecule has 0 amide bonds. The lowest BCUT2D eigenvalue weighted by molar-refractivity contribution is -0.297. The molecule has 14 heteroatoms. The standard InChI is InChI=1S/C23H26O14/c1-32-18-14(8-35-22(31)10-4-5-11(24)17(29)15(10)27)36-23(20(34-3)19(18)33-2)37-21(30)9-6-12(25)16(28)13(26)7-9/h4-7,14,18-20,23-29H,8H2,1-3H3. The molecule has 0 bridgehead atoms. The first-order chi connectivity index (χ1) is 17.5. The number of rotatable bonds is 8. The average molecular weight is 526 g/mol. The third-order valence-corrected chi connectivity index (χ3v) is 5.66. The van der Waals surface area contributed by atoms with Crippen LogP contribution < -0.4 is 0 Å². The Balaban J connectivity index is 1.81. The molecule has 2 aromatic carbocycles. The van der Waals surface area contributed by atoms with Gasteiger partial charge in [-0.1, -0.05) is 0 Å². The number of carbonyl (C=O) groups excluding carboxylic acids is 2. The number of ether oxygens (including phenoxy) is 6. The van der Waals surface area contributed by atoms with E-state index in [2.05, 4.69) is 0 Å². The van der Waals surface area contributed by atoms with Gasteiger partial charge in [-0.3, -0.25) is 0 Å². The van der Waals surface area contributed by atoms with E-state index in [0.29, 0.717) is 0 Å². The van der Waals surface area contributed by atoms with Crippen LogP contribution in [0.4, 0.5) is 0 Å². The second-order valence-corrected chi connectivity index (χ2v) is 7.84. The normalized spacial score (nSPS) is 23.4. The highest BCUT2D eigenvalue weighted by Gasteiger charge is 2.49. The molecule has 0 aliphatic carbocycles. The monoisotopic (exact) mass is 526 g/mol. The molecule has 0 spiro atoms. The van der Waals surface area contributed by atoms with Crippen LogP contribution in [0.25, 0.3) is 0 Å². The topological polar surface area (TPSA) is 211 Å². The molecule has 0 saturated carbocycles. The van der Waals surface area contributed by atoms with Crippen molar-refractivity contribution in [2.24, 2.45) is 0 Å². The molecular weight excluding hydrogens is 500 g/mol. The summed E-state index contributed by atoms with van der Waals surface area (Å²) in [5.74, 6) is -6.92. The maximum atomic E-state index is 12.7. The predicted molar refractivity (Wildman–Crippen MR) is 120 cm³/mol. The number of esters is 2. The van der Waals surface area contributed by atoms with Crippen molar-refractivity contribution < 1.29 is 68.6 Å². The zero-order valence-corrected chi connectivity index (χ0v) is 19.9. The largest absolute Gasteiger partial charge is 0.504 e. The maximum Gasteiger partial charge on any atom is 0.342 e. The molecule has 1 saturated heterocycles. The summed E-state index contributed by atoms with van der Waals surface area (Å²) in [7, 11) is 3.97.